The van der Waals surface area contributed by atoms with E-state index in [2.05, 4.69) is 0 Å². The Kier molecular flexibility index (Phi) is 6.48. The number of aliphatic carboxylic acids is 2. The van der Waals surface area contributed by atoms with E-state index in [1.807, 2.05) is 0 Å². The number of carbonyl (C=O) groups is 4. The minimum absolute atomic E-state index is 0.935. The third kappa shape index (κ3) is 11.1. The second-order valence-electron chi connectivity index (χ2n) is 1.69. The zero-order chi connectivity index (χ0) is 10.3. The molecule has 0 radical (unpaired) electrons. The van der Waals surface area contributed by atoms with E-state index in [-0.39, 0.29) is 0 Å². The van der Waals surface area contributed by atoms with Gasteiger partial charge in [-0.05, 0) is 0 Å². The van der Waals surface area contributed by atoms with Gasteiger partial charge in [0.05, 0.1) is 0 Å². The minimum atomic E-state index is -1.63. The first-order valence-electron chi connectivity index (χ1n) is 2.72. The van der Waals surface area contributed by atoms with Crippen LogP contribution in [0.25, 0.3) is 0 Å². The number of rotatable bonds is 2. The van der Waals surface area contributed by atoms with E-state index in [4.69, 9.17) is 0 Å². The van der Waals surface area contributed by atoms with Crippen molar-refractivity contribution in [2.24, 2.45) is 0 Å². The van der Waals surface area contributed by atoms with Crippen molar-refractivity contribution >= 4 is 23.5 Å². The van der Waals surface area contributed by atoms with Gasteiger partial charge in [0, 0.05) is 13.8 Å². The molecule has 0 saturated heterocycles. The molecule has 12 heavy (non-hydrogen) atoms. The van der Waals surface area contributed by atoms with Crippen molar-refractivity contribution < 1.29 is 29.4 Å². The van der Waals surface area contributed by atoms with Gasteiger partial charge in [-0.25, -0.2) is 0 Å². The van der Waals surface area contributed by atoms with E-state index in [1.165, 1.54) is 0 Å². The average Bonchev–Trinajstić information content (AvgIpc) is 1.88. The summed E-state index contributed by atoms with van der Waals surface area (Å²) < 4.78 is 0. The van der Waals surface area contributed by atoms with Crippen LogP contribution in [0.2, 0.25) is 0 Å². The summed E-state index contributed by atoms with van der Waals surface area (Å²) in [6.45, 7) is 1.88. The molecule has 0 aromatic rings. The molecule has 6 nitrogen and oxygen atoms in total. The topological polar surface area (TPSA) is 114 Å². The normalized spacial score (nSPS) is 7.50. The lowest BCUT2D eigenvalue weighted by Gasteiger charge is -1.87. The van der Waals surface area contributed by atoms with Gasteiger partial charge in [0.25, 0.3) is 0 Å². The molecule has 0 spiro atoms. The quantitative estimate of drug-likeness (QED) is 0.404. The first kappa shape index (κ1) is 12.9. The van der Waals surface area contributed by atoms with Crippen molar-refractivity contribution in [1.29, 1.82) is 0 Å². The van der Waals surface area contributed by atoms with Gasteiger partial charge in [-0.15, -0.1) is 0 Å². The van der Waals surface area contributed by atoms with Crippen LogP contribution in [0.3, 0.4) is 0 Å². The Bertz CT molecular complexity index is 168. The fourth-order valence-electron chi connectivity index (χ4n) is 0. The van der Waals surface area contributed by atoms with Crippen molar-refractivity contribution in [1.82, 2.24) is 0 Å². The summed E-state index contributed by atoms with van der Waals surface area (Å²) in [5.41, 5.74) is 0. The number of hydrogen-bond acceptors (Lipinski definition) is 6. The maximum atomic E-state index is 9.48. The van der Waals surface area contributed by atoms with Gasteiger partial charge < -0.3 is 19.8 Å². The van der Waals surface area contributed by atoms with Crippen molar-refractivity contribution in [3.05, 3.63) is 0 Å². The van der Waals surface area contributed by atoms with Gasteiger partial charge in [0.1, 0.15) is 11.9 Å². The molecule has 0 fully saturated rings. The molecule has 0 heterocycles. The van der Waals surface area contributed by atoms with Crippen LogP contribution < -0.4 is 10.2 Å². The first-order valence-corrected chi connectivity index (χ1v) is 2.72. The maximum Gasteiger partial charge on any atom is 0.175 e. The number of carboxylic acid groups (broad SMARTS) is 2. The van der Waals surface area contributed by atoms with E-state index in [9.17, 15) is 29.4 Å². The number of carbonyl (C=O) groups excluding carboxylic acids is 4. The second-order valence-corrected chi connectivity index (χ2v) is 1.69. The van der Waals surface area contributed by atoms with Crippen molar-refractivity contribution in [3.8, 4) is 0 Å². The van der Waals surface area contributed by atoms with E-state index in [0.717, 1.165) is 13.8 Å². The third-order valence-electron chi connectivity index (χ3n) is 0.575. The van der Waals surface area contributed by atoms with Crippen molar-refractivity contribution in [2.45, 2.75) is 13.8 Å². The van der Waals surface area contributed by atoms with Crippen LogP contribution in [0.5, 0.6) is 0 Å². The summed E-state index contributed by atoms with van der Waals surface area (Å²) in [5.74, 6) is -5.13. The van der Waals surface area contributed by atoms with Gasteiger partial charge >= 0.3 is 0 Å². The molecule has 0 aliphatic rings. The van der Waals surface area contributed by atoms with Crippen LogP contribution >= 0.6 is 0 Å². The minimum Gasteiger partial charge on any atom is -0.542 e. The summed E-state index contributed by atoms with van der Waals surface area (Å²) in [4.78, 5) is 37.4. The van der Waals surface area contributed by atoms with Crippen molar-refractivity contribution in [3.63, 3.8) is 0 Å². The predicted molar refractivity (Wildman–Crippen MR) is 31.4 cm³/mol. The van der Waals surface area contributed by atoms with E-state index in [1.54, 1.807) is 0 Å². The Labute approximate surface area is 67.8 Å². The SMILES string of the molecule is CC(=O)C(=O)[O-].CC(=O)C(=O)[O-]. The maximum absolute atomic E-state index is 9.48. The lowest BCUT2D eigenvalue weighted by molar-refractivity contribution is -0.300. The molecule has 6 heteroatoms. The predicted octanol–water partition coefficient (Wildman–Crippen LogP) is -3.35. The number of carboxylic acids is 2. The Morgan fingerprint density at radius 1 is 0.750 bits per heavy atom. The summed E-state index contributed by atoms with van der Waals surface area (Å²) in [5, 5.41) is 18.5. The van der Waals surface area contributed by atoms with Gasteiger partial charge in [-0.2, -0.15) is 0 Å². The average molecular weight is 174 g/mol. The molecule has 0 aliphatic carbocycles. The van der Waals surface area contributed by atoms with Gasteiger partial charge in [0.15, 0.2) is 11.6 Å². The first-order chi connectivity index (χ1) is 5.29. The zero-order valence-corrected chi connectivity index (χ0v) is 6.45. The highest BCUT2D eigenvalue weighted by atomic mass is 16.4. The van der Waals surface area contributed by atoms with Crippen LogP contribution in [-0.2, 0) is 19.2 Å². The molecule has 0 bridgehead atoms. The molecule has 68 valence electrons. The van der Waals surface area contributed by atoms with Crippen molar-refractivity contribution in [2.75, 3.05) is 0 Å². The van der Waals surface area contributed by atoms with E-state index < -0.39 is 23.5 Å². The van der Waals surface area contributed by atoms with Crippen LogP contribution in [0, 0.1) is 0 Å². The fourth-order valence-corrected chi connectivity index (χ4v) is 0. The lowest BCUT2D eigenvalue weighted by atomic mass is 10.5. The van der Waals surface area contributed by atoms with Crippen LogP contribution in [-0.4, -0.2) is 23.5 Å². The molecule has 0 aliphatic heterocycles. The largest absolute Gasteiger partial charge is 0.542 e. The number of Topliss-reactive ketones (excluding diaryl/α,β-unsaturated/α-hetero) is 2. The second kappa shape index (κ2) is 6.02. The highest BCUT2D eigenvalue weighted by Gasteiger charge is 1.85. The third-order valence-corrected chi connectivity index (χ3v) is 0.575. The highest BCUT2D eigenvalue weighted by Crippen LogP contribution is 1.56. The molecule has 0 aromatic carbocycles. The lowest BCUT2D eigenvalue weighted by Crippen LogP contribution is -2.29. The molecule has 0 atom stereocenters. The molecular weight excluding hydrogens is 168 g/mol. The van der Waals surface area contributed by atoms with Crippen LogP contribution in [0.1, 0.15) is 13.8 Å². The fraction of sp³-hybridized carbons (Fsp3) is 0.333. The van der Waals surface area contributed by atoms with Gasteiger partial charge in [0.2, 0.25) is 0 Å². The molecule has 0 amide bonds. The monoisotopic (exact) mass is 174 g/mol. The summed E-state index contributed by atoms with van der Waals surface area (Å²) >= 11 is 0. The summed E-state index contributed by atoms with van der Waals surface area (Å²) in [6.07, 6.45) is 0. The van der Waals surface area contributed by atoms with Crippen LogP contribution in [0.4, 0.5) is 0 Å². The summed E-state index contributed by atoms with van der Waals surface area (Å²) in [6, 6.07) is 0. The molecule has 0 saturated carbocycles. The molecule has 0 rings (SSSR count). The van der Waals surface area contributed by atoms with E-state index in [0.29, 0.717) is 0 Å². The molecule has 0 N–H and O–H groups in total. The smallest absolute Gasteiger partial charge is 0.175 e. The highest BCUT2D eigenvalue weighted by molar-refractivity contribution is 6.30. The number of ketones is 2. The number of hydrogen-bond donors (Lipinski definition) is 0. The standard InChI is InChI=1S/2C3H4O3/c2*1-2(4)3(5)6/h2*1H3,(H,5,6)/p-2. The molecular formula is C6H6O6-2. The Morgan fingerprint density at radius 2 is 0.833 bits per heavy atom. The van der Waals surface area contributed by atoms with Crippen LogP contribution in [0.15, 0.2) is 0 Å². The Balaban J connectivity index is 0. The molecule has 0 aromatic heterocycles. The zero-order valence-electron chi connectivity index (χ0n) is 6.45. The molecule has 0 unspecified atom stereocenters. The van der Waals surface area contributed by atoms with E-state index >= 15 is 0 Å². The summed E-state index contributed by atoms with van der Waals surface area (Å²) in [7, 11) is 0. The Morgan fingerprint density at radius 3 is 0.833 bits per heavy atom. The van der Waals surface area contributed by atoms with Gasteiger partial charge in [-0.3, -0.25) is 9.59 Å². The van der Waals surface area contributed by atoms with Gasteiger partial charge in [-0.1, -0.05) is 0 Å². The Hall–Kier alpha value is -1.72.